The van der Waals surface area contributed by atoms with Crippen LogP contribution in [-0.2, 0) is 4.79 Å². The topological polar surface area (TPSA) is 77.8 Å². The number of piperidine rings is 1. The fourth-order valence-electron chi connectivity index (χ4n) is 2.52. The average molecular weight is 281 g/mol. The Labute approximate surface area is 115 Å². The summed E-state index contributed by atoms with van der Waals surface area (Å²) in [7, 11) is 0. The Morgan fingerprint density at radius 3 is 2.80 bits per heavy atom. The fraction of sp³-hybridized carbons (Fsp3) is 0.429. The normalized spacial score (nSPS) is 18.9. The van der Waals surface area contributed by atoms with E-state index < -0.39 is 23.4 Å². The van der Waals surface area contributed by atoms with Crippen LogP contribution < -0.4 is 0 Å². The summed E-state index contributed by atoms with van der Waals surface area (Å²) in [5.41, 5.74) is 0.0439. The van der Waals surface area contributed by atoms with Gasteiger partial charge in [0.15, 0.2) is 0 Å². The van der Waals surface area contributed by atoms with Crippen molar-refractivity contribution >= 4 is 11.9 Å². The molecular weight excluding hydrogens is 265 g/mol. The van der Waals surface area contributed by atoms with Crippen molar-refractivity contribution in [2.75, 3.05) is 13.1 Å². The zero-order valence-corrected chi connectivity index (χ0v) is 10.9. The Balaban J connectivity index is 2.10. The van der Waals surface area contributed by atoms with E-state index in [1.807, 2.05) is 0 Å². The highest BCUT2D eigenvalue weighted by Gasteiger charge is 2.27. The number of likely N-dealkylation sites (tertiary alicyclic amines) is 1. The van der Waals surface area contributed by atoms with Crippen molar-refractivity contribution in [1.29, 1.82) is 0 Å². The maximum absolute atomic E-state index is 12.9. The van der Waals surface area contributed by atoms with Crippen LogP contribution in [0.5, 0.6) is 5.75 Å². The number of halogens is 1. The summed E-state index contributed by atoms with van der Waals surface area (Å²) in [6.07, 6.45) is 1.52. The van der Waals surface area contributed by atoms with Gasteiger partial charge >= 0.3 is 5.97 Å². The first-order chi connectivity index (χ1) is 9.47. The maximum atomic E-state index is 12.9. The summed E-state index contributed by atoms with van der Waals surface area (Å²) in [5.74, 6) is -2.35. The molecule has 1 saturated heterocycles. The molecule has 1 heterocycles. The van der Waals surface area contributed by atoms with E-state index in [-0.39, 0.29) is 17.9 Å². The monoisotopic (exact) mass is 281 g/mol. The third-order valence-electron chi connectivity index (χ3n) is 3.46. The van der Waals surface area contributed by atoms with Crippen LogP contribution in [0.25, 0.3) is 0 Å². The standard InChI is InChI=1S/C14H16FNO4/c15-10-3-4-11(12(17)7-10)14(20)16-5-1-2-9(8-16)6-13(18)19/h3-4,7,9,17H,1-2,5-6,8H2,(H,18,19). The lowest BCUT2D eigenvalue weighted by Crippen LogP contribution is -2.40. The summed E-state index contributed by atoms with van der Waals surface area (Å²) in [6, 6.07) is 3.26. The molecule has 0 spiro atoms. The van der Waals surface area contributed by atoms with Crippen molar-refractivity contribution in [1.82, 2.24) is 4.90 Å². The van der Waals surface area contributed by atoms with Crippen molar-refractivity contribution in [3.8, 4) is 5.75 Å². The lowest BCUT2D eigenvalue weighted by atomic mass is 9.94. The Bertz CT molecular complexity index is 532. The van der Waals surface area contributed by atoms with Gasteiger partial charge in [-0.05, 0) is 30.9 Å². The first kappa shape index (κ1) is 14.3. The average Bonchev–Trinajstić information content (AvgIpc) is 2.37. The van der Waals surface area contributed by atoms with E-state index >= 15 is 0 Å². The van der Waals surface area contributed by atoms with Crippen molar-refractivity contribution < 1.29 is 24.2 Å². The third-order valence-corrected chi connectivity index (χ3v) is 3.46. The van der Waals surface area contributed by atoms with Gasteiger partial charge in [-0.25, -0.2) is 4.39 Å². The number of carboxylic acids is 1. The van der Waals surface area contributed by atoms with Crippen molar-refractivity contribution in [3.63, 3.8) is 0 Å². The minimum absolute atomic E-state index is 0.0270. The smallest absolute Gasteiger partial charge is 0.303 e. The summed E-state index contributed by atoms with van der Waals surface area (Å²) in [6.45, 7) is 0.869. The van der Waals surface area contributed by atoms with Crippen LogP contribution in [0.1, 0.15) is 29.6 Å². The van der Waals surface area contributed by atoms with E-state index in [1.165, 1.54) is 11.0 Å². The molecule has 0 saturated carbocycles. The van der Waals surface area contributed by atoms with Crippen LogP contribution in [0.3, 0.4) is 0 Å². The zero-order chi connectivity index (χ0) is 14.7. The summed E-state index contributed by atoms with van der Waals surface area (Å²) in [4.78, 5) is 24.5. The Morgan fingerprint density at radius 2 is 2.15 bits per heavy atom. The maximum Gasteiger partial charge on any atom is 0.303 e. The predicted octanol–water partition coefficient (Wildman–Crippen LogP) is 1.86. The predicted molar refractivity (Wildman–Crippen MR) is 68.9 cm³/mol. The number of amides is 1. The number of nitrogens with zero attached hydrogens (tertiary/aromatic N) is 1. The van der Waals surface area contributed by atoms with E-state index in [0.29, 0.717) is 13.1 Å². The summed E-state index contributed by atoms with van der Waals surface area (Å²) < 4.78 is 12.9. The molecule has 2 rings (SSSR count). The molecule has 6 heteroatoms. The summed E-state index contributed by atoms with van der Waals surface area (Å²) >= 11 is 0. The third kappa shape index (κ3) is 3.26. The Hall–Kier alpha value is -2.11. The highest BCUT2D eigenvalue weighted by Crippen LogP contribution is 2.24. The quantitative estimate of drug-likeness (QED) is 0.886. The molecule has 5 nitrogen and oxygen atoms in total. The van der Waals surface area contributed by atoms with Gasteiger partial charge in [0.25, 0.3) is 5.91 Å². The molecule has 1 atom stereocenters. The van der Waals surface area contributed by atoms with Crippen LogP contribution >= 0.6 is 0 Å². The second-order valence-electron chi connectivity index (χ2n) is 5.02. The minimum atomic E-state index is -0.881. The van der Waals surface area contributed by atoms with Gasteiger partial charge in [0.2, 0.25) is 0 Å². The molecule has 108 valence electrons. The lowest BCUT2D eigenvalue weighted by molar-refractivity contribution is -0.138. The van der Waals surface area contributed by atoms with Gasteiger partial charge in [-0.1, -0.05) is 0 Å². The molecule has 20 heavy (non-hydrogen) atoms. The molecule has 1 aliphatic rings. The number of benzene rings is 1. The molecule has 1 aromatic carbocycles. The zero-order valence-electron chi connectivity index (χ0n) is 10.9. The van der Waals surface area contributed by atoms with E-state index in [9.17, 15) is 19.1 Å². The van der Waals surface area contributed by atoms with Crippen LogP contribution in [0.2, 0.25) is 0 Å². The first-order valence-electron chi connectivity index (χ1n) is 6.47. The van der Waals surface area contributed by atoms with Crippen molar-refractivity contribution in [2.45, 2.75) is 19.3 Å². The number of carbonyl (C=O) groups is 2. The van der Waals surface area contributed by atoms with E-state index in [2.05, 4.69) is 0 Å². The number of phenols is 1. The number of phenolic OH excluding ortho intramolecular Hbond substituents is 1. The number of carbonyl (C=O) groups excluding carboxylic acids is 1. The molecule has 2 N–H and O–H groups in total. The van der Waals surface area contributed by atoms with Crippen LogP contribution in [0.15, 0.2) is 18.2 Å². The molecule has 0 radical (unpaired) electrons. The molecule has 0 aromatic heterocycles. The second-order valence-corrected chi connectivity index (χ2v) is 5.02. The van der Waals surface area contributed by atoms with Gasteiger partial charge < -0.3 is 15.1 Å². The van der Waals surface area contributed by atoms with Gasteiger partial charge in [0.1, 0.15) is 11.6 Å². The van der Waals surface area contributed by atoms with Gasteiger partial charge in [0.05, 0.1) is 5.56 Å². The van der Waals surface area contributed by atoms with Gasteiger partial charge in [-0.2, -0.15) is 0 Å². The Kier molecular flexibility index (Phi) is 4.22. The van der Waals surface area contributed by atoms with Gasteiger partial charge in [-0.15, -0.1) is 0 Å². The molecule has 1 aliphatic heterocycles. The van der Waals surface area contributed by atoms with Gasteiger partial charge in [0, 0.05) is 25.6 Å². The number of carboxylic acid groups (broad SMARTS) is 1. The van der Waals surface area contributed by atoms with Crippen LogP contribution in [-0.4, -0.2) is 40.1 Å². The fourth-order valence-corrected chi connectivity index (χ4v) is 2.52. The number of rotatable bonds is 3. The van der Waals surface area contributed by atoms with E-state index in [1.54, 1.807) is 0 Å². The molecule has 0 bridgehead atoms. The first-order valence-corrected chi connectivity index (χ1v) is 6.47. The number of aromatic hydroxyl groups is 1. The van der Waals surface area contributed by atoms with Crippen LogP contribution in [0, 0.1) is 11.7 Å². The largest absolute Gasteiger partial charge is 0.507 e. The van der Waals surface area contributed by atoms with Crippen molar-refractivity contribution in [2.24, 2.45) is 5.92 Å². The van der Waals surface area contributed by atoms with Gasteiger partial charge in [-0.3, -0.25) is 9.59 Å². The molecule has 0 aliphatic carbocycles. The SMILES string of the molecule is O=C(O)CC1CCCN(C(=O)c2ccc(F)cc2O)C1. The molecular formula is C14H16FNO4. The molecule has 1 fully saturated rings. The van der Waals surface area contributed by atoms with Crippen molar-refractivity contribution in [3.05, 3.63) is 29.6 Å². The van der Waals surface area contributed by atoms with Crippen LogP contribution in [0.4, 0.5) is 4.39 Å². The minimum Gasteiger partial charge on any atom is -0.507 e. The number of aliphatic carboxylic acids is 1. The highest BCUT2D eigenvalue weighted by molar-refractivity contribution is 5.96. The summed E-state index contributed by atoms with van der Waals surface area (Å²) in [5, 5.41) is 18.4. The molecule has 1 unspecified atom stereocenters. The number of hydrogen-bond donors (Lipinski definition) is 2. The molecule has 1 aromatic rings. The second kappa shape index (κ2) is 5.90. The number of hydrogen-bond acceptors (Lipinski definition) is 3. The highest BCUT2D eigenvalue weighted by atomic mass is 19.1. The molecule has 1 amide bonds. The Morgan fingerprint density at radius 1 is 1.40 bits per heavy atom. The van der Waals surface area contributed by atoms with E-state index in [0.717, 1.165) is 25.0 Å². The van der Waals surface area contributed by atoms with E-state index in [4.69, 9.17) is 5.11 Å². The lowest BCUT2D eigenvalue weighted by Gasteiger charge is -2.32.